The molecule has 7 nitrogen and oxygen atoms in total. The summed E-state index contributed by atoms with van der Waals surface area (Å²) in [4.78, 5) is 9.06. The number of anilines is 3. The van der Waals surface area contributed by atoms with Crippen LogP contribution in [0.2, 0.25) is 0 Å². The molecule has 0 aliphatic heterocycles. The highest BCUT2D eigenvalue weighted by atomic mass is 79.9. The minimum absolute atomic E-state index is 0.118. The molecule has 2 aromatic carbocycles. The SMILES string of the molecule is CCOc1ccc(Nc2nc3ccccc3nc2NS(=O)(=O)c2ccc(Br)s2)cc1. The van der Waals surface area contributed by atoms with Gasteiger partial charge in [-0.2, -0.15) is 0 Å². The number of aromatic nitrogens is 2. The zero-order chi connectivity index (χ0) is 21.1. The second-order valence-electron chi connectivity index (χ2n) is 6.16. The quantitative estimate of drug-likeness (QED) is 0.350. The molecule has 4 aromatic rings. The number of sulfonamides is 1. The van der Waals surface area contributed by atoms with Crippen molar-refractivity contribution in [2.75, 3.05) is 16.6 Å². The summed E-state index contributed by atoms with van der Waals surface area (Å²) in [5.41, 5.74) is 1.95. The molecule has 0 fully saturated rings. The largest absolute Gasteiger partial charge is 0.494 e. The Hall–Kier alpha value is -2.69. The Kier molecular flexibility index (Phi) is 5.89. The molecule has 0 aliphatic carbocycles. The van der Waals surface area contributed by atoms with Crippen molar-refractivity contribution in [2.45, 2.75) is 11.1 Å². The topological polar surface area (TPSA) is 93.2 Å². The van der Waals surface area contributed by atoms with Crippen LogP contribution in [0.25, 0.3) is 11.0 Å². The summed E-state index contributed by atoms with van der Waals surface area (Å²) in [5, 5.41) is 3.15. The number of thiophene rings is 1. The van der Waals surface area contributed by atoms with E-state index in [9.17, 15) is 8.42 Å². The molecule has 0 radical (unpaired) electrons. The predicted octanol–water partition coefficient (Wildman–Crippen LogP) is 5.40. The monoisotopic (exact) mass is 504 g/mol. The summed E-state index contributed by atoms with van der Waals surface area (Å²) in [6.07, 6.45) is 0. The molecule has 0 saturated carbocycles. The van der Waals surface area contributed by atoms with E-state index in [1.54, 1.807) is 12.1 Å². The van der Waals surface area contributed by atoms with Crippen molar-refractivity contribution in [2.24, 2.45) is 0 Å². The van der Waals surface area contributed by atoms with Gasteiger partial charge in [-0.15, -0.1) is 11.3 Å². The Morgan fingerprint density at radius 2 is 1.63 bits per heavy atom. The molecular formula is C20H17BrN4O3S2. The van der Waals surface area contributed by atoms with E-state index in [2.05, 4.69) is 35.9 Å². The minimum Gasteiger partial charge on any atom is -0.494 e. The molecule has 0 aliphatic rings. The first-order valence-corrected chi connectivity index (χ1v) is 12.1. The lowest BCUT2D eigenvalue weighted by Gasteiger charge is -2.13. The second kappa shape index (κ2) is 8.58. The van der Waals surface area contributed by atoms with Gasteiger partial charge in [0.05, 0.1) is 21.4 Å². The molecule has 0 atom stereocenters. The van der Waals surface area contributed by atoms with Gasteiger partial charge in [-0.1, -0.05) is 12.1 Å². The van der Waals surface area contributed by atoms with E-state index in [4.69, 9.17) is 4.74 Å². The maximum atomic E-state index is 12.8. The summed E-state index contributed by atoms with van der Waals surface area (Å²) < 4.78 is 34.6. The molecule has 2 N–H and O–H groups in total. The summed E-state index contributed by atoms with van der Waals surface area (Å²) in [6.45, 7) is 2.50. The van der Waals surface area contributed by atoms with Crippen LogP contribution in [0.15, 0.2) is 68.7 Å². The van der Waals surface area contributed by atoms with Crippen molar-refractivity contribution in [3.63, 3.8) is 0 Å². The fourth-order valence-electron chi connectivity index (χ4n) is 2.72. The van der Waals surface area contributed by atoms with Gasteiger partial charge in [-0.05, 0) is 71.4 Å². The van der Waals surface area contributed by atoms with Crippen LogP contribution in [0.4, 0.5) is 17.3 Å². The third-order valence-electron chi connectivity index (χ3n) is 4.04. The molecule has 0 unspecified atom stereocenters. The maximum Gasteiger partial charge on any atom is 0.272 e. The Morgan fingerprint density at radius 1 is 0.967 bits per heavy atom. The van der Waals surface area contributed by atoms with E-state index in [1.807, 2.05) is 49.4 Å². The smallest absolute Gasteiger partial charge is 0.272 e. The van der Waals surface area contributed by atoms with Gasteiger partial charge in [0.1, 0.15) is 9.96 Å². The van der Waals surface area contributed by atoms with E-state index >= 15 is 0 Å². The van der Waals surface area contributed by atoms with Crippen molar-refractivity contribution < 1.29 is 13.2 Å². The van der Waals surface area contributed by atoms with Crippen molar-refractivity contribution in [3.05, 3.63) is 64.5 Å². The van der Waals surface area contributed by atoms with Gasteiger partial charge >= 0.3 is 0 Å². The zero-order valence-corrected chi connectivity index (χ0v) is 19.0. The van der Waals surface area contributed by atoms with Crippen molar-refractivity contribution in [1.82, 2.24) is 9.97 Å². The van der Waals surface area contributed by atoms with Crippen LogP contribution in [0, 0.1) is 0 Å². The summed E-state index contributed by atoms with van der Waals surface area (Å²) >= 11 is 4.41. The van der Waals surface area contributed by atoms with Gasteiger partial charge in [-0.25, -0.2) is 18.4 Å². The number of hydrogen-bond donors (Lipinski definition) is 2. The highest BCUT2D eigenvalue weighted by Crippen LogP contribution is 2.31. The first-order chi connectivity index (χ1) is 14.4. The zero-order valence-electron chi connectivity index (χ0n) is 15.8. The Morgan fingerprint density at radius 3 is 2.23 bits per heavy atom. The van der Waals surface area contributed by atoms with Crippen LogP contribution < -0.4 is 14.8 Å². The fourth-order valence-corrected chi connectivity index (χ4v) is 5.73. The summed E-state index contributed by atoms with van der Waals surface area (Å²) in [6, 6.07) is 17.8. The number of ether oxygens (including phenoxy) is 1. The molecule has 10 heteroatoms. The van der Waals surface area contributed by atoms with Crippen molar-refractivity contribution in [1.29, 1.82) is 0 Å². The number of halogens is 1. The summed E-state index contributed by atoms with van der Waals surface area (Å²) in [7, 11) is -3.81. The molecular weight excluding hydrogens is 488 g/mol. The van der Waals surface area contributed by atoms with Gasteiger partial charge in [0.15, 0.2) is 11.6 Å². The van der Waals surface area contributed by atoms with E-state index in [-0.39, 0.29) is 10.0 Å². The van der Waals surface area contributed by atoms with Gasteiger partial charge in [0.2, 0.25) is 0 Å². The molecule has 30 heavy (non-hydrogen) atoms. The first kappa shape index (κ1) is 20.6. The Balaban J connectivity index is 1.72. The normalized spacial score (nSPS) is 11.4. The summed E-state index contributed by atoms with van der Waals surface area (Å²) in [5.74, 6) is 1.17. The van der Waals surface area contributed by atoms with Gasteiger partial charge in [0, 0.05) is 5.69 Å². The standard InChI is InChI=1S/C20H17BrN4O3S2/c1-2-28-14-9-7-13(8-10-14)22-19-20(24-16-6-4-3-5-15(16)23-19)25-30(26,27)18-12-11-17(21)29-18/h3-12H,2H2,1H3,(H,22,23)(H,24,25). The van der Waals surface area contributed by atoms with E-state index in [0.29, 0.717) is 23.5 Å². The van der Waals surface area contributed by atoms with Gasteiger partial charge in [0.25, 0.3) is 10.0 Å². The van der Waals surface area contributed by atoms with Gasteiger partial charge < -0.3 is 10.1 Å². The number of rotatable bonds is 7. The molecule has 0 spiro atoms. The van der Waals surface area contributed by atoms with E-state index < -0.39 is 10.0 Å². The first-order valence-electron chi connectivity index (χ1n) is 8.99. The fraction of sp³-hybridized carbons (Fsp3) is 0.100. The number of fused-ring (bicyclic) bond motifs is 1. The van der Waals surface area contributed by atoms with Crippen molar-refractivity contribution in [3.8, 4) is 5.75 Å². The van der Waals surface area contributed by atoms with Crippen LogP contribution >= 0.6 is 27.3 Å². The predicted molar refractivity (Wildman–Crippen MR) is 123 cm³/mol. The average molecular weight is 505 g/mol. The Labute approximate surface area is 186 Å². The maximum absolute atomic E-state index is 12.8. The molecule has 4 rings (SSSR count). The lowest BCUT2D eigenvalue weighted by atomic mass is 10.3. The highest BCUT2D eigenvalue weighted by Gasteiger charge is 2.20. The number of nitrogens with zero attached hydrogens (tertiary/aromatic N) is 2. The average Bonchev–Trinajstić information content (AvgIpc) is 3.17. The molecule has 0 bridgehead atoms. The van der Waals surface area contributed by atoms with Crippen LogP contribution in [-0.2, 0) is 10.0 Å². The molecule has 2 heterocycles. The highest BCUT2D eigenvalue weighted by molar-refractivity contribution is 9.11. The lowest BCUT2D eigenvalue weighted by Crippen LogP contribution is -2.15. The number of benzene rings is 2. The molecule has 154 valence electrons. The van der Waals surface area contributed by atoms with E-state index in [1.165, 1.54) is 6.07 Å². The second-order valence-corrected chi connectivity index (χ2v) is 10.5. The minimum atomic E-state index is -3.81. The van der Waals surface area contributed by atoms with Crippen molar-refractivity contribution >= 4 is 65.6 Å². The third-order valence-corrected chi connectivity index (χ3v) is 7.50. The Bertz CT molecular complexity index is 1290. The van der Waals surface area contributed by atoms with Crippen LogP contribution in [0.3, 0.4) is 0 Å². The van der Waals surface area contributed by atoms with Crippen LogP contribution in [0.1, 0.15) is 6.92 Å². The van der Waals surface area contributed by atoms with Gasteiger partial charge in [-0.3, -0.25) is 4.72 Å². The number of para-hydroxylation sites is 2. The molecule has 0 saturated heterocycles. The number of hydrogen-bond acceptors (Lipinski definition) is 7. The third kappa shape index (κ3) is 4.55. The van der Waals surface area contributed by atoms with Crippen LogP contribution in [0.5, 0.6) is 5.75 Å². The van der Waals surface area contributed by atoms with Crippen LogP contribution in [-0.4, -0.2) is 25.0 Å². The number of nitrogens with one attached hydrogen (secondary N) is 2. The molecule has 0 amide bonds. The van der Waals surface area contributed by atoms with E-state index in [0.717, 1.165) is 26.6 Å². The lowest BCUT2D eigenvalue weighted by molar-refractivity contribution is 0.340. The molecule has 2 aromatic heterocycles.